The quantitative estimate of drug-likeness (QED) is 0.615. The molecule has 2 rings (SSSR count). The Morgan fingerprint density at radius 3 is 2.37 bits per heavy atom. The van der Waals surface area contributed by atoms with E-state index >= 15 is 0 Å². The average Bonchev–Trinajstić information content (AvgIpc) is 2.20. The van der Waals surface area contributed by atoms with Gasteiger partial charge in [0.15, 0.2) is 0 Å². The maximum atomic E-state index is 12.0. The fraction of sp³-hybridized carbons (Fsp3) is 0.538. The number of carbonyl (C=O) groups is 2. The van der Waals surface area contributed by atoms with Crippen molar-refractivity contribution in [2.75, 3.05) is 0 Å². The molecule has 1 aromatic rings. The molecule has 19 heavy (non-hydrogen) atoms. The summed E-state index contributed by atoms with van der Waals surface area (Å²) in [5.41, 5.74) is 0.447. The van der Waals surface area contributed by atoms with E-state index in [2.05, 4.69) is 9.97 Å². The molecule has 2 heterocycles. The van der Waals surface area contributed by atoms with Gasteiger partial charge in [-0.05, 0) is 18.4 Å². The Kier molecular flexibility index (Phi) is 3.58. The van der Waals surface area contributed by atoms with Crippen LogP contribution in [0.15, 0.2) is 6.07 Å². The monoisotopic (exact) mass is 281 g/mol. The van der Waals surface area contributed by atoms with Crippen LogP contribution in [0.2, 0.25) is 5.15 Å². The molecule has 5 nitrogen and oxygen atoms in total. The third-order valence-electron chi connectivity index (χ3n) is 3.03. The van der Waals surface area contributed by atoms with Crippen LogP contribution in [0.25, 0.3) is 0 Å². The summed E-state index contributed by atoms with van der Waals surface area (Å²) in [6, 6.07) is 1.63. The minimum atomic E-state index is -0.268. The molecule has 0 saturated carbocycles. The lowest BCUT2D eigenvalue weighted by atomic mass is 9.82. The number of carbonyl (C=O) groups excluding carboxylic acids is 2. The molecule has 1 aliphatic rings. The number of likely N-dealkylation sites (tertiary alicyclic amines) is 1. The minimum Gasteiger partial charge on any atom is -0.275 e. The molecule has 0 radical (unpaired) electrons. The van der Waals surface area contributed by atoms with E-state index in [-0.39, 0.29) is 23.8 Å². The molecule has 0 spiro atoms. The minimum absolute atomic E-state index is 0.0924. The summed E-state index contributed by atoms with van der Waals surface area (Å²) in [6.45, 7) is 5.72. The number of piperidine rings is 1. The Morgan fingerprint density at radius 2 is 1.84 bits per heavy atom. The second-order valence-corrected chi connectivity index (χ2v) is 6.03. The summed E-state index contributed by atoms with van der Waals surface area (Å²) in [5.74, 6) is 0.0383. The van der Waals surface area contributed by atoms with Crippen molar-refractivity contribution >= 4 is 23.4 Å². The first-order valence-electron chi connectivity index (χ1n) is 6.10. The summed E-state index contributed by atoms with van der Waals surface area (Å²) in [5, 5.41) is 0.319. The zero-order chi connectivity index (χ0) is 14.2. The van der Waals surface area contributed by atoms with E-state index in [1.54, 1.807) is 13.0 Å². The maximum absolute atomic E-state index is 12.0. The molecule has 1 aromatic heterocycles. The van der Waals surface area contributed by atoms with Crippen LogP contribution in [-0.4, -0.2) is 26.7 Å². The zero-order valence-corrected chi connectivity index (χ0v) is 12.0. The van der Waals surface area contributed by atoms with E-state index in [9.17, 15) is 9.59 Å². The first-order chi connectivity index (χ1) is 8.77. The van der Waals surface area contributed by atoms with E-state index in [0.29, 0.717) is 29.5 Å². The highest BCUT2D eigenvalue weighted by atomic mass is 35.5. The van der Waals surface area contributed by atoms with Gasteiger partial charge in [0.2, 0.25) is 11.8 Å². The number of hydrogen-bond acceptors (Lipinski definition) is 4. The maximum Gasteiger partial charge on any atom is 0.230 e. The third kappa shape index (κ3) is 3.29. The van der Waals surface area contributed by atoms with Crippen LogP contribution in [0, 0.1) is 12.3 Å². The van der Waals surface area contributed by atoms with Crippen LogP contribution in [0.4, 0.5) is 0 Å². The predicted octanol–water partition coefficient (Wildman–Crippen LogP) is 2.11. The zero-order valence-electron chi connectivity index (χ0n) is 11.2. The largest absolute Gasteiger partial charge is 0.275 e. The Labute approximate surface area is 117 Å². The first kappa shape index (κ1) is 13.9. The fourth-order valence-electron chi connectivity index (χ4n) is 2.19. The molecule has 1 aliphatic heterocycles. The second-order valence-electron chi connectivity index (χ2n) is 5.64. The Hall–Kier alpha value is -1.49. The highest BCUT2D eigenvalue weighted by Crippen LogP contribution is 2.31. The lowest BCUT2D eigenvalue weighted by Crippen LogP contribution is -2.45. The van der Waals surface area contributed by atoms with Gasteiger partial charge < -0.3 is 0 Å². The fourth-order valence-corrected chi connectivity index (χ4v) is 2.44. The number of nitrogens with zero attached hydrogens (tertiary/aromatic N) is 3. The van der Waals surface area contributed by atoms with Gasteiger partial charge in [-0.25, -0.2) is 9.97 Å². The number of halogens is 1. The summed E-state index contributed by atoms with van der Waals surface area (Å²) >= 11 is 5.85. The molecule has 6 heteroatoms. The van der Waals surface area contributed by atoms with Crippen LogP contribution in [-0.2, 0) is 16.1 Å². The van der Waals surface area contributed by atoms with Crippen molar-refractivity contribution in [1.29, 1.82) is 0 Å². The van der Waals surface area contributed by atoms with Crippen LogP contribution >= 0.6 is 11.6 Å². The van der Waals surface area contributed by atoms with Gasteiger partial charge in [-0.2, -0.15) is 0 Å². The molecule has 102 valence electrons. The molecule has 0 bridgehead atoms. The molecule has 0 aliphatic carbocycles. The molecule has 0 aromatic carbocycles. The number of aromatic nitrogens is 2. The highest BCUT2D eigenvalue weighted by molar-refractivity contribution is 6.29. The van der Waals surface area contributed by atoms with Crippen molar-refractivity contribution in [3.05, 3.63) is 22.7 Å². The molecule has 0 unspecified atom stereocenters. The normalized spacial score (nSPS) is 18.8. The van der Waals surface area contributed by atoms with Gasteiger partial charge in [-0.3, -0.25) is 14.5 Å². The van der Waals surface area contributed by atoms with E-state index in [1.165, 1.54) is 4.90 Å². The van der Waals surface area contributed by atoms with Gasteiger partial charge in [0.05, 0.1) is 6.54 Å². The first-order valence-corrected chi connectivity index (χ1v) is 6.48. The Bertz CT molecular complexity index is 502. The van der Waals surface area contributed by atoms with Gasteiger partial charge in [-0.1, -0.05) is 25.4 Å². The Balaban J connectivity index is 2.19. The lowest BCUT2D eigenvalue weighted by Gasteiger charge is -2.34. The van der Waals surface area contributed by atoms with Crippen LogP contribution in [0.1, 0.15) is 38.2 Å². The number of aryl methyl sites for hydroxylation is 1. The lowest BCUT2D eigenvalue weighted by molar-refractivity contribution is -0.153. The van der Waals surface area contributed by atoms with Crippen molar-refractivity contribution in [1.82, 2.24) is 14.9 Å². The standard InChI is InChI=1S/C13H16ClN3O2/c1-8-4-9(14)16-10(15-8)7-17-11(18)5-13(2,3)6-12(17)19/h4H,5-7H2,1-3H3. The molecule has 0 atom stereocenters. The summed E-state index contributed by atoms with van der Waals surface area (Å²) in [4.78, 5) is 33.5. The average molecular weight is 282 g/mol. The molecular weight excluding hydrogens is 266 g/mol. The Morgan fingerprint density at radius 1 is 1.26 bits per heavy atom. The van der Waals surface area contributed by atoms with Crippen molar-refractivity contribution < 1.29 is 9.59 Å². The van der Waals surface area contributed by atoms with Gasteiger partial charge in [0.25, 0.3) is 0 Å². The molecule has 0 N–H and O–H groups in total. The van der Waals surface area contributed by atoms with E-state index in [4.69, 9.17) is 11.6 Å². The molecular formula is C13H16ClN3O2. The third-order valence-corrected chi connectivity index (χ3v) is 3.22. The van der Waals surface area contributed by atoms with Crippen LogP contribution < -0.4 is 0 Å². The highest BCUT2D eigenvalue weighted by Gasteiger charge is 2.37. The van der Waals surface area contributed by atoms with Gasteiger partial charge in [0.1, 0.15) is 11.0 Å². The van der Waals surface area contributed by atoms with Gasteiger partial charge >= 0.3 is 0 Å². The van der Waals surface area contributed by atoms with E-state index in [1.807, 2.05) is 13.8 Å². The van der Waals surface area contributed by atoms with E-state index in [0.717, 1.165) is 0 Å². The van der Waals surface area contributed by atoms with Crippen LogP contribution in [0.5, 0.6) is 0 Å². The van der Waals surface area contributed by atoms with Gasteiger partial charge in [-0.15, -0.1) is 0 Å². The molecule has 2 amide bonds. The number of amides is 2. The SMILES string of the molecule is Cc1cc(Cl)nc(CN2C(=O)CC(C)(C)CC2=O)n1. The number of imide groups is 1. The number of hydrogen-bond donors (Lipinski definition) is 0. The predicted molar refractivity (Wildman–Crippen MR) is 70.4 cm³/mol. The smallest absolute Gasteiger partial charge is 0.230 e. The summed E-state index contributed by atoms with van der Waals surface area (Å²) in [7, 11) is 0. The molecule has 1 fully saturated rings. The van der Waals surface area contributed by atoms with Crippen molar-refractivity contribution in [2.24, 2.45) is 5.41 Å². The van der Waals surface area contributed by atoms with Gasteiger partial charge in [0, 0.05) is 18.5 Å². The van der Waals surface area contributed by atoms with Crippen molar-refractivity contribution in [3.8, 4) is 0 Å². The summed E-state index contributed by atoms with van der Waals surface area (Å²) in [6.07, 6.45) is 0.719. The summed E-state index contributed by atoms with van der Waals surface area (Å²) < 4.78 is 0. The van der Waals surface area contributed by atoms with Crippen molar-refractivity contribution in [3.63, 3.8) is 0 Å². The number of rotatable bonds is 2. The van der Waals surface area contributed by atoms with Crippen molar-refractivity contribution in [2.45, 2.75) is 40.2 Å². The second kappa shape index (κ2) is 4.89. The topological polar surface area (TPSA) is 63.2 Å². The van der Waals surface area contributed by atoms with E-state index < -0.39 is 0 Å². The van der Waals surface area contributed by atoms with Crippen LogP contribution in [0.3, 0.4) is 0 Å². The molecule has 1 saturated heterocycles.